The number of aryl methyl sites for hydroxylation is 1. The van der Waals surface area contributed by atoms with E-state index in [0.29, 0.717) is 18.9 Å². The second-order valence-corrected chi connectivity index (χ2v) is 4.40. The first-order valence-corrected chi connectivity index (χ1v) is 6.38. The minimum absolute atomic E-state index is 0.0120. The lowest BCUT2D eigenvalue weighted by molar-refractivity contribution is -0.123. The number of amides is 1. The van der Waals surface area contributed by atoms with Gasteiger partial charge in [0, 0.05) is 18.0 Å². The zero-order valence-electron chi connectivity index (χ0n) is 11.7. The predicted molar refractivity (Wildman–Crippen MR) is 76.1 cm³/mol. The lowest BCUT2D eigenvalue weighted by atomic mass is 10.2. The number of rotatable bonds is 7. The van der Waals surface area contributed by atoms with Crippen molar-refractivity contribution in [2.24, 2.45) is 0 Å². The van der Waals surface area contributed by atoms with E-state index < -0.39 is 0 Å². The van der Waals surface area contributed by atoms with Crippen LogP contribution in [0.5, 0.6) is 0 Å². The molecule has 1 aromatic carbocycles. The van der Waals surface area contributed by atoms with Gasteiger partial charge in [0.15, 0.2) is 0 Å². The Hall–Kier alpha value is -1.59. The molecule has 3 N–H and O–H groups in total. The Morgan fingerprint density at radius 3 is 2.84 bits per heavy atom. The average Bonchev–Trinajstić information content (AvgIpc) is 2.37. The van der Waals surface area contributed by atoms with Crippen molar-refractivity contribution in [2.45, 2.75) is 26.9 Å². The van der Waals surface area contributed by atoms with Crippen molar-refractivity contribution >= 4 is 17.3 Å². The van der Waals surface area contributed by atoms with Gasteiger partial charge in [0.25, 0.3) is 0 Å². The lowest BCUT2D eigenvalue weighted by Crippen LogP contribution is -2.24. The Balaban J connectivity index is 2.38. The molecule has 0 radical (unpaired) electrons. The Kier molecular flexibility index (Phi) is 6.32. The highest BCUT2D eigenvalue weighted by Crippen LogP contribution is 2.17. The molecule has 0 saturated heterocycles. The highest BCUT2D eigenvalue weighted by Gasteiger charge is 2.08. The van der Waals surface area contributed by atoms with E-state index in [4.69, 9.17) is 15.2 Å². The maximum Gasteiger partial charge on any atom is 0.250 e. The maximum absolute atomic E-state index is 11.7. The molecule has 5 heteroatoms. The summed E-state index contributed by atoms with van der Waals surface area (Å²) in [7, 11) is 0. The number of hydrogen-bond donors (Lipinski definition) is 2. The minimum atomic E-state index is -0.184. The van der Waals surface area contributed by atoms with Crippen LogP contribution in [-0.2, 0) is 14.3 Å². The molecule has 1 amide bonds. The van der Waals surface area contributed by atoms with Crippen molar-refractivity contribution in [3.05, 3.63) is 23.8 Å². The van der Waals surface area contributed by atoms with Crippen molar-refractivity contribution in [2.75, 3.05) is 30.9 Å². The number of nitrogen functional groups attached to an aromatic ring is 1. The van der Waals surface area contributed by atoms with E-state index in [9.17, 15) is 4.79 Å². The summed E-state index contributed by atoms with van der Waals surface area (Å²) in [4.78, 5) is 11.7. The number of anilines is 2. The van der Waals surface area contributed by atoms with Crippen LogP contribution in [0.1, 0.15) is 19.4 Å². The minimum Gasteiger partial charge on any atom is -0.399 e. The molecule has 0 aliphatic carbocycles. The standard InChI is InChI=1S/C14H22N2O3/c1-4-18-8-11(3)19-9-14(17)16-13-6-5-12(15)7-10(13)2/h5-7,11H,4,8-9,15H2,1-3H3,(H,16,17). The van der Waals surface area contributed by atoms with Crippen LogP contribution < -0.4 is 11.1 Å². The number of ether oxygens (including phenoxy) is 2. The third-order valence-corrected chi connectivity index (χ3v) is 2.58. The van der Waals surface area contributed by atoms with Gasteiger partial charge in [-0.15, -0.1) is 0 Å². The van der Waals surface area contributed by atoms with Gasteiger partial charge in [0.2, 0.25) is 5.91 Å². The molecule has 0 spiro atoms. The fraction of sp³-hybridized carbons (Fsp3) is 0.500. The van der Waals surface area contributed by atoms with Gasteiger partial charge in [-0.1, -0.05) is 0 Å². The first kappa shape index (κ1) is 15.5. The molecule has 0 fully saturated rings. The summed E-state index contributed by atoms with van der Waals surface area (Å²) in [5, 5.41) is 2.79. The topological polar surface area (TPSA) is 73.6 Å². The van der Waals surface area contributed by atoms with E-state index >= 15 is 0 Å². The zero-order chi connectivity index (χ0) is 14.3. The molecule has 0 saturated carbocycles. The molecule has 19 heavy (non-hydrogen) atoms. The summed E-state index contributed by atoms with van der Waals surface area (Å²) in [5.41, 5.74) is 8.01. The van der Waals surface area contributed by atoms with Crippen molar-refractivity contribution in [1.29, 1.82) is 0 Å². The van der Waals surface area contributed by atoms with Crippen LogP contribution in [0.25, 0.3) is 0 Å². The molecule has 0 aromatic heterocycles. The monoisotopic (exact) mass is 266 g/mol. The van der Waals surface area contributed by atoms with Crippen LogP contribution in [0, 0.1) is 6.92 Å². The molecule has 1 atom stereocenters. The molecule has 1 unspecified atom stereocenters. The summed E-state index contributed by atoms with van der Waals surface area (Å²) in [5.74, 6) is -0.184. The molecule has 0 aliphatic rings. The van der Waals surface area contributed by atoms with Crippen LogP contribution in [0.4, 0.5) is 11.4 Å². The normalized spacial score (nSPS) is 12.2. The largest absolute Gasteiger partial charge is 0.399 e. The molecular weight excluding hydrogens is 244 g/mol. The highest BCUT2D eigenvalue weighted by molar-refractivity contribution is 5.92. The number of carbonyl (C=O) groups excluding carboxylic acids is 1. The number of nitrogens with two attached hydrogens (primary N) is 1. The fourth-order valence-electron chi connectivity index (χ4n) is 1.56. The number of benzene rings is 1. The van der Waals surface area contributed by atoms with E-state index in [-0.39, 0.29) is 18.6 Å². The van der Waals surface area contributed by atoms with Crippen LogP contribution in [0.3, 0.4) is 0 Å². The summed E-state index contributed by atoms with van der Waals surface area (Å²) in [6.07, 6.45) is -0.0989. The van der Waals surface area contributed by atoms with Crippen LogP contribution in [0.2, 0.25) is 0 Å². The SMILES string of the molecule is CCOCC(C)OCC(=O)Nc1ccc(N)cc1C. The van der Waals surface area contributed by atoms with Gasteiger partial charge in [0.1, 0.15) is 6.61 Å². The predicted octanol–water partition coefficient (Wildman–Crippen LogP) is 1.96. The molecular formula is C14H22N2O3. The van der Waals surface area contributed by atoms with Crippen molar-refractivity contribution in [1.82, 2.24) is 0 Å². The average molecular weight is 266 g/mol. The van der Waals surface area contributed by atoms with Gasteiger partial charge in [-0.3, -0.25) is 4.79 Å². The fourth-order valence-corrected chi connectivity index (χ4v) is 1.56. The van der Waals surface area contributed by atoms with Gasteiger partial charge in [-0.25, -0.2) is 0 Å². The number of carbonyl (C=O) groups is 1. The Morgan fingerprint density at radius 2 is 2.21 bits per heavy atom. The first-order valence-electron chi connectivity index (χ1n) is 6.38. The second-order valence-electron chi connectivity index (χ2n) is 4.40. The Labute approximate surface area is 114 Å². The molecule has 0 heterocycles. The van der Waals surface area contributed by atoms with Crippen molar-refractivity contribution in [3.63, 3.8) is 0 Å². The summed E-state index contributed by atoms with van der Waals surface area (Å²) >= 11 is 0. The summed E-state index contributed by atoms with van der Waals surface area (Å²) in [6, 6.07) is 5.35. The van der Waals surface area contributed by atoms with Gasteiger partial charge < -0.3 is 20.5 Å². The van der Waals surface area contributed by atoms with E-state index in [0.717, 1.165) is 11.3 Å². The Bertz CT molecular complexity index is 421. The summed E-state index contributed by atoms with van der Waals surface area (Å²) < 4.78 is 10.6. The van der Waals surface area contributed by atoms with Crippen LogP contribution in [0.15, 0.2) is 18.2 Å². The maximum atomic E-state index is 11.7. The van der Waals surface area contributed by atoms with Crippen LogP contribution >= 0.6 is 0 Å². The number of hydrogen-bond acceptors (Lipinski definition) is 4. The smallest absolute Gasteiger partial charge is 0.250 e. The van der Waals surface area contributed by atoms with Crippen molar-refractivity contribution in [3.8, 4) is 0 Å². The van der Waals surface area contributed by atoms with E-state index in [1.165, 1.54) is 0 Å². The zero-order valence-corrected chi connectivity index (χ0v) is 11.7. The van der Waals surface area contributed by atoms with Gasteiger partial charge in [-0.05, 0) is 44.5 Å². The lowest BCUT2D eigenvalue weighted by Gasteiger charge is -2.13. The van der Waals surface area contributed by atoms with E-state index in [1.54, 1.807) is 12.1 Å². The quantitative estimate of drug-likeness (QED) is 0.740. The first-order chi connectivity index (χ1) is 9.02. The summed E-state index contributed by atoms with van der Waals surface area (Å²) in [6.45, 7) is 6.83. The molecule has 1 aromatic rings. The second kappa shape index (κ2) is 7.76. The van der Waals surface area contributed by atoms with Crippen molar-refractivity contribution < 1.29 is 14.3 Å². The van der Waals surface area contributed by atoms with Gasteiger partial charge >= 0.3 is 0 Å². The molecule has 5 nitrogen and oxygen atoms in total. The Morgan fingerprint density at radius 1 is 1.47 bits per heavy atom. The third-order valence-electron chi connectivity index (χ3n) is 2.58. The van der Waals surface area contributed by atoms with Gasteiger partial charge in [0.05, 0.1) is 12.7 Å². The molecule has 1 rings (SSSR count). The van der Waals surface area contributed by atoms with Crippen LogP contribution in [-0.4, -0.2) is 31.8 Å². The van der Waals surface area contributed by atoms with E-state index in [2.05, 4.69) is 5.32 Å². The highest BCUT2D eigenvalue weighted by atomic mass is 16.5. The van der Waals surface area contributed by atoms with E-state index in [1.807, 2.05) is 26.8 Å². The molecule has 106 valence electrons. The van der Waals surface area contributed by atoms with Gasteiger partial charge in [-0.2, -0.15) is 0 Å². The molecule has 0 aliphatic heterocycles. The third kappa shape index (κ3) is 5.72. The number of nitrogens with one attached hydrogen (secondary N) is 1. The molecule has 0 bridgehead atoms.